The molecule has 0 aliphatic carbocycles. The minimum absolute atomic E-state index is 0.704. The van der Waals surface area contributed by atoms with Crippen molar-refractivity contribution in [2.45, 2.75) is 6.18 Å². The van der Waals surface area contributed by atoms with Crippen molar-refractivity contribution in [3.05, 3.63) is 0 Å². The molecule has 6 heteroatoms. The Kier molecular flexibility index (Phi) is 3.23. The van der Waals surface area contributed by atoms with Gasteiger partial charge < -0.3 is 5.32 Å². The molecule has 0 radical (unpaired) electrons. The van der Waals surface area contributed by atoms with Crippen LogP contribution in [0.4, 0.5) is 18.0 Å². The molecule has 0 heterocycles. The molecule has 54 valence electrons. The van der Waals surface area contributed by atoms with Crippen molar-refractivity contribution in [1.29, 1.82) is 0 Å². The number of carbonyl (C=O) groups excluding carboxylic acids is 1. The Morgan fingerprint density at radius 3 is 2.11 bits per heavy atom. The predicted octanol–water partition coefficient (Wildman–Crippen LogP) is 1.69. The summed E-state index contributed by atoms with van der Waals surface area (Å²) in [5, 5.41) is 1.61. The van der Waals surface area contributed by atoms with E-state index in [1.807, 2.05) is 0 Å². The van der Waals surface area contributed by atoms with Crippen LogP contribution in [0.2, 0.25) is 0 Å². The van der Waals surface area contributed by atoms with E-state index in [1.165, 1.54) is 22.6 Å². The van der Waals surface area contributed by atoms with Gasteiger partial charge >= 0.3 is 6.18 Å². The van der Waals surface area contributed by atoms with Crippen molar-refractivity contribution in [3.63, 3.8) is 0 Å². The maximum atomic E-state index is 11.2. The van der Waals surface area contributed by atoms with E-state index in [-0.39, 0.29) is 0 Å². The number of hydrogen-bond acceptors (Lipinski definition) is 1. The highest BCUT2D eigenvalue weighted by Gasteiger charge is 2.26. The highest BCUT2D eigenvalue weighted by Crippen LogP contribution is 2.12. The molecule has 0 bridgehead atoms. The number of carbonyl (C=O) groups is 1. The third-order valence-electron chi connectivity index (χ3n) is 0.428. The number of nitrogens with one attached hydrogen (secondary N) is 1. The van der Waals surface area contributed by atoms with Gasteiger partial charge in [-0.15, -0.1) is 0 Å². The van der Waals surface area contributed by atoms with Crippen molar-refractivity contribution in [2.24, 2.45) is 0 Å². The first-order valence-corrected chi connectivity index (χ1v) is 3.00. The average Bonchev–Trinajstić information content (AvgIpc) is 1.59. The van der Waals surface area contributed by atoms with Gasteiger partial charge in [-0.3, -0.25) is 4.79 Å². The fraction of sp³-hybridized carbons (Fsp3) is 0.667. The molecule has 1 amide bonds. The highest BCUT2D eigenvalue weighted by molar-refractivity contribution is 14.1. The number of amides is 1. The largest absolute Gasteiger partial charge is 0.405 e. The maximum Gasteiger partial charge on any atom is 0.405 e. The van der Waals surface area contributed by atoms with Crippen LogP contribution in [0, 0.1) is 0 Å². The van der Waals surface area contributed by atoms with Crippen molar-refractivity contribution in [1.82, 2.24) is 5.32 Å². The van der Waals surface area contributed by atoms with Gasteiger partial charge in [0.25, 0.3) is 3.91 Å². The van der Waals surface area contributed by atoms with Crippen LogP contribution < -0.4 is 5.32 Å². The van der Waals surface area contributed by atoms with Gasteiger partial charge in [0.2, 0.25) is 0 Å². The van der Waals surface area contributed by atoms with Gasteiger partial charge in [-0.1, -0.05) is 0 Å². The normalized spacial score (nSPS) is 11.1. The molecule has 0 aromatic heterocycles. The first kappa shape index (κ1) is 8.99. The fourth-order valence-corrected chi connectivity index (χ4v) is 0.360. The van der Waals surface area contributed by atoms with Gasteiger partial charge in [0.1, 0.15) is 6.54 Å². The minimum Gasteiger partial charge on any atom is -0.338 e. The van der Waals surface area contributed by atoms with Crippen LogP contribution in [0.3, 0.4) is 0 Å². The molecule has 0 fully saturated rings. The SMILES string of the molecule is O=C(I)NCC(F)(F)F. The maximum absolute atomic E-state index is 11.2. The van der Waals surface area contributed by atoms with Gasteiger partial charge in [-0.2, -0.15) is 13.2 Å². The number of hydrogen-bond donors (Lipinski definition) is 1. The van der Waals surface area contributed by atoms with Crippen molar-refractivity contribution in [3.8, 4) is 0 Å². The van der Waals surface area contributed by atoms with E-state index >= 15 is 0 Å². The van der Waals surface area contributed by atoms with Crippen molar-refractivity contribution >= 4 is 26.5 Å². The minimum atomic E-state index is -4.30. The summed E-state index contributed by atoms with van der Waals surface area (Å²) in [4.78, 5) is 9.87. The average molecular weight is 253 g/mol. The number of halogens is 4. The molecule has 0 aromatic rings. The molecular formula is C3H3F3INO. The summed E-state index contributed by atoms with van der Waals surface area (Å²) in [6.45, 7) is -1.26. The van der Waals surface area contributed by atoms with E-state index in [0.29, 0.717) is 0 Å². The van der Waals surface area contributed by atoms with Gasteiger partial charge in [-0.05, 0) is 0 Å². The molecule has 0 saturated heterocycles. The van der Waals surface area contributed by atoms with Crippen LogP contribution in [0.15, 0.2) is 0 Å². The third-order valence-corrected chi connectivity index (χ3v) is 0.809. The summed E-state index contributed by atoms with van der Waals surface area (Å²) < 4.78 is 32.9. The van der Waals surface area contributed by atoms with Crippen LogP contribution in [0.5, 0.6) is 0 Å². The van der Waals surface area contributed by atoms with E-state index in [4.69, 9.17) is 0 Å². The summed E-state index contributed by atoms with van der Waals surface area (Å²) in [5.74, 6) is 0. The summed E-state index contributed by atoms with van der Waals surface area (Å²) >= 11 is 1.23. The zero-order valence-corrected chi connectivity index (χ0v) is 6.28. The Balaban J connectivity index is 3.39. The number of alkyl halides is 3. The summed E-state index contributed by atoms with van der Waals surface area (Å²) in [7, 11) is 0. The first-order chi connectivity index (χ1) is 3.92. The number of rotatable bonds is 1. The van der Waals surface area contributed by atoms with E-state index in [0.717, 1.165) is 0 Å². The molecule has 0 aliphatic heterocycles. The molecule has 0 saturated carbocycles. The molecule has 2 nitrogen and oxygen atoms in total. The van der Waals surface area contributed by atoms with Crippen LogP contribution >= 0.6 is 22.6 Å². The Morgan fingerprint density at radius 2 is 2.00 bits per heavy atom. The lowest BCUT2D eigenvalue weighted by Crippen LogP contribution is -2.29. The standard InChI is InChI=1S/C3H3F3INO/c4-3(5,6)1-8-2(7)9/h1H2,(H,8,9). The topological polar surface area (TPSA) is 29.1 Å². The highest BCUT2D eigenvalue weighted by atomic mass is 127. The molecule has 0 aliphatic rings. The smallest absolute Gasteiger partial charge is 0.338 e. The summed E-state index contributed by atoms with van der Waals surface area (Å²) in [6, 6.07) is 0. The lowest BCUT2D eigenvalue weighted by molar-refractivity contribution is -0.122. The van der Waals surface area contributed by atoms with Crippen molar-refractivity contribution in [2.75, 3.05) is 6.54 Å². The van der Waals surface area contributed by atoms with Gasteiger partial charge in [0, 0.05) is 22.6 Å². The fourth-order valence-electron chi connectivity index (χ4n) is 0.170. The zero-order valence-electron chi connectivity index (χ0n) is 4.13. The first-order valence-electron chi connectivity index (χ1n) is 1.92. The van der Waals surface area contributed by atoms with Crippen molar-refractivity contribution < 1.29 is 18.0 Å². The third kappa shape index (κ3) is 7.99. The van der Waals surface area contributed by atoms with E-state index in [2.05, 4.69) is 0 Å². The van der Waals surface area contributed by atoms with Crippen LogP contribution in [-0.4, -0.2) is 16.6 Å². The Morgan fingerprint density at radius 1 is 1.56 bits per heavy atom. The molecule has 0 aromatic carbocycles. The molecule has 0 atom stereocenters. The monoisotopic (exact) mass is 253 g/mol. The lowest BCUT2D eigenvalue weighted by atomic mass is 10.6. The second-order valence-electron chi connectivity index (χ2n) is 1.24. The van der Waals surface area contributed by atoms with E-state index in [1.54, 1.807) is 5.32 Å². The molecule has 0 spiro atoms. The molecule has 1 N–H and O–H groups in total. The second kappa shape index (κ2) is 3.23. The van der Waals surface area contributed by atoms with Gasteiger partial charge in [0.15, 0.2) is 0 Å². The second-order valence-corrected chi connectivity index (χ2v) is 2.22. The lowest BCUT2D eigenvalue weighted by Gasteiger charge is -2.03. The molecule has 0 unspecified atom stereocenters. The van der Waals surface area contributed by atoms with Gasteiger partial charge in [-0.25, -0.2) is 0 Å². The van der Waals surface area contributed by atoms with Crippen LogP contribution in [-0.2, 0) is 0 Å². The van der Waals surface area contributed by atoms with E-state index < -0.39 is 16.6 Å². The van der Waals surface area contributed by atoms with Crippen LogP contribution in [0.25, 0.3) is 0 Å². The van der Waals surface area contributed by atoms with Crippen LogP contribution in [0.1, 0.15) is 0 Å². The molecule has 0 rings (SSSR count). The summed E-state index contributed by atoms with van der Waals surface area (Å²) in [5.41, 5.74) is 0. The van der Waals surface area contributed by atoms with E-state index in [9.17, 15) is 18.0 Å². The Bertz CT molecular complexity index is 112. The molecule has 9 heavy (non-hydrogen) atoms. The Labute approximate surface area is 62.9 Å². The van der Waals surface area contributed by atoms with Gasteiger partial charge in [0.05, 0.1) is 0 Å². The summed E-state index contributed by atoms with van der Waals surface area (Å²) in [6.07, 6.45) is -4.30. The quantitative estimate of drug-likeness (QED) is 0.430. The zero-order chi connectivity index (χ0) is 7.49. The predicted molar refractivity (Wildman–Crippen MR) is 33.5 cm³/mol. The molecular weight excluding hydrogens is 250 g/mol. The Hall–Kier alpha value is -0.0100.